The molecule has 0 aliphatic heterocycles. The summed E-state index contributed by atoms with van der Waals surface area (Å²) in [4.78, 5) is 14.9. The van der Waals surface area contributed by atoms with Gasteiger partial charge >= 0.3 is 5.97 Å². The molecule has 1 aliphatic rings. The third-order valence-electron chi connectivity index (χ3n) is 3.73. The minimum atomic E-state index is -1.01. The summed E-state index contributed by atoms with van der Waals surface area (Å²) in [6, 6.07) is 1.78. The number of anilines is 2. The molecule has 18 heavy (non-hydrogen) atoms. The average molecular weight is 249 g/mol. The first kappa shape index (κ1) is 12.7. The Morgan fingerprint density at radius 3 is 2.83 bits per heavy atom. The number of aromatic nitrogens is 1. The SMILES string of the molecule is CC1(C)CCCC1Nc1ncc(C(=O)O)cc1N. The van der Waals surface area contributed by atoms with Crippen molar-refractivity contribution < 1.29 is 9.90 Å². The molecule has 0 radical (unpaired) electrons. The molecule has 1 aliphatic carbocycles. The summed E-state index contributed by atoms with van der Waals surface area (Å²) in [6.07, 6.45) is 4.80. The number of nitrogen functional groups attached to an aromatic ring is 1. The summed E-state index contributed by atoms with van der Waals surface area (Å²) < 4.78 is 0. The van der Waals surface area contributed by atoms with Crippen LogP contribution in [-0.2, 0) is 0 Å². The third-order valence-corrected chi connectivity index (χ3v) is 3.73. The van der Waals surface area contributed by atoms with Crippen molar-refractivity contribution in [3.05, 3.63) is 17.8 Å². The standard InChI is InChI=1S/C13H19N3O2/c1-13(2)5-3-4-10(13)16-11-9(14)6-8(7-15-11)12(17)18/h6-7,10H,3-5,14H2,1-2H3,(H,15,16)(H,17,18). The Morgan fingerprint density at radius 1 is 1.61 bits per heavy atom. The highest BCUT2D eigenvalue weighted by Gasteiger charge is 2.34. The van der Waals surface area contributed by atoms with Gasteiger partial charge in [0.1, 0.15) is 5.82 Å². The molecule has 2 rings (SSSR count). The van der Waals surface area contributed by atoms with Gasteiger partial charge in [0, 0.05) is 12.2 Å². The lowest BCUT2D eigenvalue weighted by Crippen LogP contribution is -2.31. The maximum Gasteiger partial charge on any atom is 0.337 e. The zero-order valence-corrected chi connectivity index (χ0v) is 10.7. The largest absolute Gasteiger partial charge is 0.478 e. The van der Waals surface area contributed by atoms with E-state index in [-0.39, 0.29) is 11.0 Å². The first-order valence-electron chi connectivity index (χ1n) is 6.15. The van der Waals surface area contributed by atoms with Gasteiger partial charge in [-0.05, 0) is 24.3 Å². The predicted molar refractivity (Wildman–Crippen MR) is 70.7 cm³/mol. The van der Waals surface area contributed by atoms with Crippen molar-refractivity contribution in [3.63, 3.8) is 0 Å². The molecule has 1 unspecified atom stereocenters. The lowest BCUT2D eigenvalue weighted by molar-refractivity contribution is 0.0696. The molecule has 1 aromatic heterocycles. The fourth-order valence-corrected chi connectivity index (χ4v) is 2.48. The molecule has 1 saturated carbocycles. The molecular weight excluding hydrogens is 230 g/mol. The van der Waals surface area contributed by atoms with Crippen LogP contribution < -0.4 is 11.1 Å². The highest BCUT2D eigenvalue weighted by molar-refractivity contribution is 5.89. The number of rotatable bonds is 3. The van der Waals surface area contributed by atoms with Gasteiger partial charge in [0.2, 0.25) is 0 Å². The zero-order valence-electron chi connectivity index (χ0n) is 10.7. The Balaban J connectivity index is 2.17. The van der Waals surface area contributed by atoms with Crippen molar-refractivity contribution in [1.29, 1.82) is 0 Å². The smallest absolute Gasteiger partial charge is 0.337 e. The number of carboxylic acid groups (broad SMARTS) is 1. The Bertz CT molecular complexity index is 471. The quantitative estimate of drug-likeness (QED) is 0.765. The highest BCUT2D eigenvalue weighted by Crippen LogP contribution is 2.39. The average Bonchev–Trinajstić information content (AvgIpc) is 2.61. The van der Waals surface area contributed by atoms with Crippen molar-refractivity contribution in [2.24, 2.45) is 5.41 Å². The van der Waals surface area contributed by atoms with Gasteiger partial charge in [-0.25, -0.2) is 9.78 Å². The van der Waals surface area contributed by atoms with E-state index in [1.807, 2.05) is 0 Å². The molecular formula is C13H19N3O2. The van der Waals surface area contributed by atoms with E-state index in [9.17, 15) is 4.79 Å². The Morgan fingerprint density at radius 2 is 2.33 bits per heavy atom. The lowest BCUT2D eigenvalue weighted by Gasteiger charge is -2.28. The number of hydrogen-bond donors (Lipinski definition) is 3. The number of nitrogens with two attached hydrogens (primary N) is 1. The number of nitrogens with one attached hydrogen (secondary N) is 1. The molecule has 1 atom stereocenters. The maximum atomic E-state index is 10.8. The van der Waals surface area contributed by atoms with E-state index in [1.165, 1.54) is 25.1 Å². The van der Waals surface area contributed by atoms with Crippen LogP contribution in [-0.4, -0.2) is 22.1 Å². The molecule has 0 spiro atoms. The van der Waals surface area contributed by atoms with Gasteiger partial charge in [-0.3, -0.25) is 0 Å². The molecule has 1 aromatic rings. The van der Waals surface area contributed by atoms with E-state index in [1.54, 1.807) is 0 Å². The van der Waals surface area contributed by atoms with Gasteiger partial charge < -0.3 is 16.2 Å². The summed E-state index contributed by atoms with van der Waals surface area (Å²) in [5.41, 5.74) is 6.56. The van der Waals surface area contributed by atoms with Crippen LogP contribution >= 0.6 is 0 Å². The number of hydrogen-bond acceptors (Lipinski definition) is 4. The molecule has 0 aromatic carbocycles. The van der Waals surface area contributed by atoms with E-state index >= 15 is 0 Å². The molecule has 1 heterocycles. The Kier molecular flexibility index (Phi) is 3.15. The summed E-state index contributed by atoms with van der Waals surface area (Å²) in [5.74, 6) is -0.429. The van der Waals surface area contributed by atoms with Crippen LogP contribution in [0.2, 0.25) is 0 Å². The van der Waals surface area contributed by atoms with Gasteiger partial charge in [-0.15, -0.1) is 0 Å². The van der Waals surface area contributed by atoms with Crippen LogP contribution in [0.4, 0.5) is 11.5 Å². The monoisotopic (exact) mass is 249 g/mol. The van der Waals surface area contributed by atoms with Crippen LogP contribution in [0.25, 0.3) is 0 Å². The third kappa shape index (κ3) is 2.39. The van der Waals surface area contributed by atoms with Crippen LogP contribution in [0, 0.1) is 5.41 Å². The molecule has 1 fully saturated rings. The van der Waals surface area contributed by atoms with Crippen molar-refractivity contribution in [3.8, 4) is 0 Å². The minimum Gasteiger partial charge on any atom is -0.478 e. The first-order valence-corrected chi connectivity index (χ1v) is 6.15. The van der Waals surface area contributed by atoms with Gasteiger partial charge in [0.05, 0.1) is 11.3 Å². The summed E-state index contributed by atoms with van der Waals surface area (Å²) in [6.45, 7) is 4.44. The summed E-state index contributed by atoms with van der Waals surface area (Å²) >= 11 is 0. The number of nitrogens with zero attached hydrogens (tertiary/aromatic N) is 1. The predicted octanol–water partition coefficient (Wildman–Crippen LogP) is 2.35. The molecule has 4 N–H and O–H groups in total. The Hall–Kier alpha value is -1.78. The first-order chi connectivity index (χ1) is 8.40. The van der Waals surface area contributed by atoms with Gasteiger partial charge in [-0.2, -0.15) is 0 Å². The number of carbonyl (C=O) groups is 1. The summed E-state index contributed by atoms with van der Waals surface area (Å²) in [7, 11) is 0. The number of carboxylic acids is 1. The van der Waals surface area contributed by atoms with Gasteiger partial charge in [0.25, 0.3) is 0 Å². The van der Waals surface area contributed by atoms with E-state index in [0.29, 0.717) is 17.5 Å². The molecule has 5 nitrogen and oxygen atoms in total. The summed E-state index contributed by atoms with van der Waals surface area (Å²) in [5, 5.41) is 12.2. The lowest BCUT2D eigenvalue weighted by atomic mass is 9.87. The van der Waals surface area contributed by atoms with E-state index in [2.05, 4.69) is 24.1 Å². The molecule has 0 saturated heterocycles. The van der Waals surface area contributed by atoms with Crippen molar-refractivity contribution >= 4 is 17.5 Å². The van der Waals surface area contributed by atoms with Crippen molar-refractivity contribution in [2.45, 2.75) is 39.2 Å². The maximum absolute atomic E-state index is 10.8. The van der Waals surface area contributed by atoms with E-state index in [0.717, 1.165) is 6.42 Å². The zero-order chi connectivity index (χ0) is 13.3. The topological polar surface area (TPSA) is 88.2 Å². The second-order valence-corrected chi connectivity index (χ2v) is 5.54. The van der Waals surface area contributed by atoms with Crippen molar-refractivity contribution in [2.75, 3.05) is 11.1 Å². The van der Waals surface area contributed by atoms with Crippen LogP contribution in [0.3, 0.4) is 0 Å². The second-order valence-electron chi connectivity index (χ2n) is 5.54. The van der Waals surface area contributed by atoms with Gasteiger partial charge in [0.15, 0.2) is 0 Å². The fraction of sp³-hybridized carbons (Fsp3) is 0.538. The second kappa shape index (κ2) is 4.48. The minimum absolute atomic E-state index is 0.115. The number of aromatic carboxylic acids is 1. The number of pyridine rings is 1. The van der Waals surface area contributed by atoms with Crippen LogP contribution in [0.1, 0.15) is 43.5 Å². The van der Waals surface area contributed by atoms with Gasteiger partial charge in [-0.1, -0.05) is 20.3 Å². The normalized spacial score (nSPS) is 21.8. The van der Waals surface area contributed by atoms with E-state index < -0.39 is 5.97 Å². The molecule has 98 valence electrons. The molecule has 5 heteroatoms. The molecule has 0 bridgehead atoms. The van der Waals surface area contributed by atoms with Crippen LogP contribution in [0.5, 0.6) is 0 Å². The molecule has 0 amide bonds. The van der Waals surface area contributed by atoms with Crippen LogP contribution in [0.15, 0.2) is 12.3 Å². The fourth-order valence-electron chi connectivity index (χ4n) is 2.48. The highest BCUT2D eigenvalue weighted by atomic mass is 16.4. The Labute approximate surface area is 106 Å². The van der Waals surface area contributed by atoms with E-state index in [4.69, 9.17) is 10.8 Å². The van der Waals surface area contributed by atoms with Crippen molar-refractivity contribution in [1.82, 2.24) is 4.98 Å².